The number of benzene rings is 1. The third-order valence-electron chi connectivity index (χ3n) is 4.78. The summed E-state index contributed by atoms with van der Waals surface area (Å²) in [7, 11) is 1.71. The number of ether oxygens (including phenoxy) is 2. The largest absolute Gasteiger partial charge is 0.497 e. The van der Waals surface area contributed by atoms with Crippen LogP contribution in [0.4, 0.5) is 0 Å². The predicted molar refractivity (Wildman–Crippen MR) is 103 cm³/mol. The highest BCUT2D eigenvalue weighted by molar-refractivity contribution is 5.28. The molecule has 2 aromatic rings. The number of aryl methyl sites for hydroxylation is 1. The highest BCUT2D eigenvalue weighted by Gasteiger charge is 2.21. The summed E-state index contributed by atoms with van der Waals surface area (Å²) >= 11 is 0. The van der Waals surface area contributed by atoms with Crippen molar-refractivity contribution >= 4 is 0 Å². The van der Waals surface area contributed by atoms with Crippen molar-refractivity contribution in [3.63, 3.8) is 0 Å². The van der Waals surface area contributed by atoms with Gasteiger partial charge in [-0.1, -0.05) is 18.2 Å². The van der Waals surface area contributed by atoms with E-state index in [1.165, 1.54) is 11.1 Å². The van der Waals surface area contributed by atoms with Crippen molar-refractivity contribution in [3.8, 4) is 5.75 Å². The summed E-state index contributed by atoms with van der Waals surface area (Å²) in [6.45, 7) is 10.2. The van der Waals surface area contributed by atoms with Crippen molar-refractivity contribution in [1.82, 2.24) is 14.7 Å². The molecule has 1 aromatic heterocycles. The van der Waals surface area contributed by atoms with E-state index in [0.29, 0.717) is 6.10 Å². The summed E-state index contributed by atoms with van der Waals surface area (Å²) in [6, 6.07) is 8.29. The zero-order valence-corrected chi connectivity index (χ0v) is 15.9. The Labute approximate surface area is 156 Å². The average Bonchev–Trinajstić information content (AvgIpc) is 3.25. The predicted octanol–water partition coefficient (Wildman–Crippen LogP) is 3.57. The maximum Gasteiger partial charge on any atom is 0.119 e. The topological polar surface area (TPSA) is 39.5 Å². The minimum Gasteiger partial charge on any atom is -0.497 e. The summed E-state index contributed by atoms with van der Waals surface area (Å²) < 4.78 is 13.2. The van der Waals surface area contributed by atoms with Crippen LogP contribution in [0.3, 0.4) is 0 Å². The van der Waals surface area contributed by atoms with Gasteiger partial charge >= 0.3 is 0 Å². The van der Waals surface area contributed by atoms with Gasteiger partial charge in [-0.2, -0.15) is 5.10 Å². The van der Waals surface area contributed by atoms with Gasteiger partial charge in [0, 0.05) is 38.0 Å². The van der Waals surface area contributed by atoms with Crippen LogP contribution in [0, 0.1) is 6.92 Å². The van der Waals surface area contributed by atoms with Crippen LogP contribution in [0.15, 0.2) is 43.1 Å². The molecule has 5 nitrogen and oxygen atoms in total. The van der Waals surface area contributed by atoms with Crippen molar-refractivity contribution in [2.75, 3.05) is 20.3 Å². The summed E-state index contributed by atoms with van der Waals surface area (Å²) in [6.07, 6.45) is 6.63. The first-order chi connectivity index (χ1) is 12.7. The van der Waals surface area contributed by atoms with E-state index < -0.39 is 0 Å². The Balaban J connectivity index is 1.74. The number of nitrogens with zero attached hydrogens (tertiary/aromatic N) is 3. The van der Waals surface area contributed by atoms with E-state index in [9.17, 15) is 0 Å². The van der Waals surface area contributed by atoms with Crippen LogP contribution >= 0.6 is 0 Å². The van der Waals surface area contributed by atoms with E-state index in [4.69, 9.17) is 9.47 Å². The lowest BCUT2D eigenvalue weighted by molar-refractivity contribution is 0.0678. The molecule has 140 valence electrons. The Morgan fingerprint density at radius 3 is 3.04 bits per heavy atom. The average molecular weight is 355 g/mol. The van der Waals surface area contributed by atoms with Gasteiger partial charge in [0.25, 0.3) is 0 Å². The molecule has 1 aliphatic heterocycles. The van der Waals surface area contributed by atoms with E-state index >= 15 is 0 Å². The van der Waals surface area contributed by atoms with E-state index in [1.54, 1.807) is 7.11 Å². The van der Waals surface area contributed by atoms with Crippen LogP contribution in [0.5, 0.6) is 5.75 Å². The lowest BCUT2D eigenvalue weighted by Crippen LogP contribution is -2.31. The van der Waals surface area contributed by atoms with Crippen LogP contribution in [0.25, 0.3) is 0 Å². The number of rotatable bonds is 9. The first-order valence-corrected chi connectivity index (χ1v) is 9.28. The second-order valence-corrected chi connectivity index (χ2v) is 6.91. The molecule has 0 amide bonds. The normalized spacial score (nSPS) is 17.0. The van der Waals surface area contributed by atoms with Crippen molar-refractivity contribution in [1.29, 1.82) is 0 Å². The molecule has 1 fully saturated rings. The first-order valence-electron chi connectivity index (χ1n) is 9.28. The lowest BCUT2D eigenvalue weighted by atomic mass is 10.1. The third kappa shape index (κ3) is 4.96. The molecule has 1 aromatic carbocycles. The molecule has 0 aliphatic carbocycles. The molecule has 5 heteroatoms. The zero-order valence-electron chi connectivity index (χ0n) is 15.9. The SMILES string of the molecule is C=CCn1cc(CN(Cc2cccc(OC)c2)CC2CCCO2)c(C)n1. The van der Waals surface area contributed by atoms with Gasteiger partial charge in [0.2, 0.25) is 0 Å². The van der Waals surface area contributed by atoms with Crippen LogP contribution in [-0.4, -0.2) is 41.0 Å². The van der Waals surface area contributed by atoms with Crippen molar-refractivity contribution < 1.29 is 9.47 Å². The highest BCUT2D eigenvalue weighted by Crippen LogP contribution is 2.20. The van der Waals surface area contributed by atoms with Gasteiger partial charge in [-0.3, -0.25) is 9.58 Å². The Bertz CT molecular complexity index is 720. The molecule has 0 spiro atoms. The molecule has 1 atom stereocenters. The van der Waals surface area contributed by atoms with Crippen LogP contribution in [0.2, 0.25) is 0 Å². The molecule has 1 saturated heterocycles. The fourth-order valence-electron chi connectivity index (χ4n) is 3.47. The van der Waals surface area contributed by atoms with Crippen molar-refractivity contribution in [2.45, 2.75) is 45.5 Å². The maximum absolute atomic E-state index is 5.88. The first kappa shape index (κ1) is 18.7. The summed E-state index contributed by atoms with van der Waals surface area (Å²) in [5.41, 5.74) is 3.58. The number of hydrogen-bond acceptors (Lipinski definition) is 4. The van der Waals surface area contributed by atoms with Crippen molar-refractivity contribution in [3.05, 3.63) is 59.9 Å². The van der Waals surface area contributed by atoms with Crippen LogP contribution < -0.4 is 4.74 Å². The maximum atomic E-state index is 5.88. The number of methoxy groups -OCH3 is 1. The Morgan fingerprint density at radius 1 is 1.42 bits per heavy atom. The lowest BCUT2D eigenvalue weighted by Gasteiger charge is -2.25. The van der Waals surface area contributed by atoms with Crippen molar-refractivity contribution in [2.24, 2.45) is 0 Å². The third-order valence-corrected chi connectivity index (χ3v) is 4.78. The summed E-state index contributed by atoms with van der Waals surface area (Å²) in [4.78, 5) is 2.45. The standard InChI is InChI=1S/C21H29N3O2/c1-4-10-24-15-19(17(2)22-24)14-23(16-21-9-6-11-26-21)13-18-7-5-8-20(12-18)25-3/h4-5,7-8,12,15,21H,1,6,9-11,13-14,16H2,2-3H3. The fraction of sp³-hybridized carbons (Fsp3) is 0.476. The highest BCUT2D eigenvalue weighted by atomic mass is 16.5. The Kier molecular flexibility index (Phi) is 6.47. The van der Waals surface area contributed by atoms with Gasteiger partial charge in [0.1, 0.15) is 5.75 Å². The Morgan fingerprint density at radius 2 is 2.31 bits per heavy atom. The van der Waals surface area contributed by atoms with Gasteiger partial charge in [0.15, 0.2) is 0 Å². The quantitative estimate of drug-likeness (QED) is 0.645. The molecule has 0 N–H and O–H groups in total. The second-order valence-electron chi connectivity index (χ2n) is 6.91. The molecule has 0 radical (unpaired) electrons. The monoisotopic (exact) mass is 355 g/mol. The van der Waals surface area contributed by atoms with Gasteiger partial charge in [-0.15, -0.1) is 6.58 Å². The summed E-state index contributed by atoms with van der Waals surface area (Å²) in [5.74, 6) is 0.898. The number of hydrogen-bond donors (Lipinski definition) is 0. The molecule has 1 unspecified atom stereocenters. The summed E-state index contributed by atoms with van der Waals surface area (Å²) in [5, 5.41) is 4.59. The van der Waals surface area contributed by atoms with E-state index in [0.717, 1.165) is 57.1 Å². The fourth-order valence-corrected chi connectivity index (χ4v) is 3.47. The van der Waals surface area contributed by atoms with Gasteiger partial charge in [-0.05, 0) is 37.5 Å². The molecular weight excluding hydrogens is 326 g/mol. The second kappa shape index (κ2) is 9.01. The van der Waals surface area contributed by atoms with Gasteiger partial charge in [-0.25, -0.2) is 0 Å². The van der Waals surface area contributed by atoms with Gasteiger partial charge < -0.3 is 9.47 Å². The molecule has 0 bridgehead atoms. The van der Waals surface area contributed by atoms with E-state index in [1.807, 2.05) is 22.9 Å². The van der Waals surface area contributed by atoms with Crippen LogP contribution in [0.1, 0.15) is 29.7 Å². The van der Waals surface area contributed by atoms with E-state index in [2.05, 4.69) is 41.8 Å². The molecule has 0 saturated carbocycles. The minimum absolute atomic E-state index is 0.323. The van der Waals surface area contributed by atoms with E-state index in [-0.39, 0.29) is 0 Å². The molecule has 3 rings (SSSR count). The molecule has 26 heavy (non-hydrogen) atoms. The molecule has 1 aliphatic rings. The molecular formula is C21H29N3O2. The van der Waals surface area contributed by atoms with Gasteiger partial charge in [0.05, 0.1) is 25.5 Å². The van der Waals surface area contributed by atoms with Crippen LogP contribution in [-0.2, 0) is 24.4 Å². The number of aromatic nitrogens is 2. The minimum atomic E-state index is 0.323. The number of allylic oxidation sites excluding steroid dienone is 1. The zero-order chi connectivity index (χ0) is 18.4. The molecule has 2 heterocycles. The Hall–Kier alpha value is -2.11. The smallest absolute Gasteiger partial charge is 0.119 e.